The Balaban J connectivity index is 1.54. The number of nitrogens with zero attached hydrogens (tertiary/aromatic N) is 4. The van der Waals surface area contributed by atoms with Crippen LogP contribution in [0.25, 0.3) is 11.3 Å². The molecular formula is C22H19FN6O. The van der Waals surface area contributed by atoms with Crippen molar-refractivity contribution in [1.82, 2.24) is 9.97 Å². The van der Waals surface area contributed by atoms with E-state index in [2.05, 4.69) is 20.5 Å². The van der Waals surface area contributed by atoms with E-state index in [4.69, 9.17) is 0 Å². The average Bonchev–Trinajstić information content (AvgIpc) is 3.29. The van der Waals surface area contributed by atoms with Crippen molar-refractivity contribution in [2.45, 2.75) is 12.8 Å². The zero-order chi connectivity index (χ0) is 20.9. The molecular weight excluding hydrogens is 383 g/mol. The van der Waals surface area contributed by atoms with Crippen molar-refractivity contribution in [3.8, 4) is 17.3 Å². The largest absolute Gasteiger partial charge is 0.369 e. The molecule has 8 heteroatoms. The third kappa shape index (κ3) is 4.05. The second-order valence-corrected chi connectivity index (χ2v) is 6.89. The maximum atomic E-state index is 14.4. The number of aromatic amines is 1. The lowest BCUT2D eigenvalue weighted by Crippen LogP contribution is -2.19. The molecule has 1 aliphatic heterocycles. The fourth-order valence-electron chi connectivity index (χ4n) is 3.42. The summed E-state index contributed by atoms with van der Waals surface area (Å²) in [6.45, 7) is 1.74. The van der Waals surface area contributed by atoms with Crippen molar-refractivity contribution in [2.75, 3.05) is 23.4 Å². The number of rotatable bonds is 5. The number of anilines is 2. The Labute approximate surface area is 172 Å². The van der Waals surface area contributed by atoms with Crippen LogP contribution in [0.1, 0.15) is 24.0 Å². The van der Waals surface area contributed by atoms with Gasteiger partial charge in [-0.05, 0) is 30.5 Å². The highest BCUT2D eigenvalue weighted by Crippen LogP contribution is 2.24. The molecule has 1 aliphatic rings. The number of nitriles is 1. The lowest BCUT2D eigenvalue weighted by atomic mass is 10.1. The zero-order valence-corrected chi connectivity index (χ0v) is 16.1. The molecule has 0 atom stereocenters. The standard InChI is InChI=1S/C22H19FN6O/c23-18-12-15(8-9-19(18)29-10-4-5-11-29)14-25-28-22-26-20(16-6-2-1-3-7-16)17(13-24)21(30)27-22/h1-3,6-9,12,14H,4-5,10-11H2,(H2,26,27,28,30). The quantitative estimate of drug-likeness (QED) is 0.503. The summed E-state index contributed by atoms with van der Waals surface area (Å²) in [5.41, 5.74) is 4.09. The minimum absolute atomic E-state index is 0.0738. The molecule has 7 nitrogen and oxygen atoms in total. The van der Waals surface area contributed by atoms with E-state index in [1.165, 1.54) is 12.3 Å². The van der Waals surface area contributed by atoms with E-state index >= 15 is 0 Å². The van der Waals surface area contributed by atoms with Gasteiger partial charge in [0.15, 0.2) is 0 Å². The van der Waals surface area contributed by atoms with E-state index in [0.29, 0.717) is 16.8 Å². The van der Waals surface area contributed by atoms with Gasteiger partial charge >= 0.3 is 0 Å². The summed E-state index contributed by atoms with van der Waals surface area (Å²) in [5.74, 6) is -0.208. The number of hydrazone groups is 1. The molecule has 1 aromatic heterocycles. The predicted octanol–water partition coefficient (Wildman–Crippen LogP) is 3.49. The number of hydrogen-bond acceptors (Lipinski definition) is 6. The number of halogens is 1. The third-order valence-electron chi connectivity index (χ3n) is 4.88. The highest BCUT2D eigenvalue weighted by molar-refractivity contribution is 5.81. The second kappa shape index (κ2) is 8.57. The Morgan fingerprint density at radius 3 is 2.67 bits per heavy atom. The number of nitrogens with one attached hydrogen (secondary N) is 2. The van der Waals surface area contributed by atoms with Gasteiger partial charge in [0.1, 0.15) is 17.4 Å². The SMILES string of the molecule is N#Cc1c(-c2ccccc2)nc(NN=Cc2ccc(N3CCCC3)c(F)c2)[nH]c1=O. The van der Waals surface area contributed by atoms with Crippen LogP contribution in [0.4, 0.5) is 16.0 Å². The molecule has 0 amide bonds. The summed E-state index contributed by atoms with van der Waals surface area (Å²) in [6.07, 6.45) is 3.60. The van der Waals surface area contributed by atoms with Crippen LogP contribution >= 0.6 is 0 Å². The van der Waals surface area contributed by atoms with Crippen molar-refractivity contribution >= 4 is 17.9 Å². The minimum Gasteiger partial charge on any atom is -0.369 e. The normalized spacial score (nSPS) is 13.5. The topological polar surface area (TPSA) is 97.2 Å². The molecule has 3 aromatic rings. The highest BCUT2D eigenvalue weighted by Gasteiger charge is 2.16. The molecule has 1 saturated heterocycles. The van der Waals surface area contributed by atoms with Gasteiger partial charge in [0, 0.05) is 18.7 Å². The summed E-state index contributed by atoms with van der Waals surface area (Å²) < 4.78 is 14.4. The van der Waals surface area contributed by atoms with E-state index in [-0.39, 0.29) is 23.0 Å². The lowest BCUT2D eigenvalue weighted by Gasteiger charge is -2.18. The molecule has 2 heterocycles. The van der Waals surface area contributed by atoms with Crippen LogP contribution in [-0.4, -0.2) is 29.3 Å². The molecule has 30 heavy (non-hydrogen) atoms. The van der Waals surface area contributed by atoms with Crippen molar-refractivity contribution in [3.63, 3.8) is 0 Å². The zero-order valence-electron chi connectivity index (χ0n) is 16.1. The van der Waals surface area contributed by atoms with E-state index in [9.17, 15) is 14.4 Å². The Bertz CT molecular complexity index is 1180. The van der Waals surface area contributed by atoms with Crippen LogP contribution in [0.3, 0.4) is 0 Å². The Morgan fingerprint density at radius 1 is 1.20 bits per heavy atom. The molecule has 2 aromatic carbocycles. The maximum Gasteiger partial charge on any atom is 0.270 e. The third-order valence-corrected chi connectivity index (χ3v) is 4.88. The van der Waals surface area contributed by atoms with Crippen LogP contribution in [0.15, 0.2) is 58.4 Å². The first kappa shape index (κ1) is 19.3. The number of benzene rings is 2. The van der Waals surface area contributed by atoms with E-state index < -0.39 is 5.56 Å². The Kier molecular flexibility index (Phi) is 5.52. The maximum absolute atomic E-state index is 14.4. The van der Waals surface area contributed by atoms with Gasteiger partial charge < -0.3 is 4.90 Å². The van der Waals surface area contributed by atoms with Crippen LogP contribution in [0, 0.1) is 17.1 Å². The summed E-state index contributed by atoms with van der Waals surface area (Å²) in [7, 11) is 0. The Morgan fingerprint density at radius 2 is 1.97 bits per heavy atom. The van der Waals surface area contributed by atoms with Gasteiger partial charge in [0.05, 0.1) is 17.6 Å². The molecule has 0 saturated carbocycles. The van der Waals surface area contributed by atoms with Crippen LogP contribution in [-0.2, 0) is 0 Å². The summed E-state index contributed by atoms with van der Waals surface area (Å²) >= 11 is 0. The fraction of sp³-hybridized carbons (Fsp3) is 0.182. The second-order valence-electron chi connectivity index (χ2n) is 6.89. The number of aromatic nitrogens is 2. The van der Waals surface area contributed by atoms with Crippen LogP contribution < -0.4 is 15.9 Å². The molecule has 2 N–H and O–H groups in total. The van der Waals surface area contributed by atoms with E-state index in [1.807, 2.05) is 17.0 Å². The summed E-state index contributed by atoms with van der Waals surface area (Å²) in [6, 6.07) is 15.8. The summed E-state index contributed by atoms with van der Waals surface area (Å²) in [5, 5.41) is 13.3. The van der Waals surface area contributed by atoms with E-state index in [0.717, 1.165) is 25.9 Å². The first-order chi connectivity index (χ1) is 14.7. The molecule has 1 fully saturated rings. The smallest absolute Gasteiger partial charge is 0.270 e. The molecule has 150 valence electrons. The van der Waals surface area contributed by atoms with Gasteiger partial charge in [0.2, 0.25) is 5.95 Å². The number of hydrogen-bond donors (Lipinski definition) is 2. The fourth-order valence-corrected chi connectivity index (χ4v) is 3.42. The van der Waals surface area contributed by atoms with Gasteiger partial charge in [-0.2, -0.15) is 10.4 Å². The molecule has 0 unspecified atom stereocenters. The van der Waals surface area contributed by atoms with Crippen molar-refractivity contribution in [3.05, 3.63) is 75.8 Å². The van der Waals surface area contributed by atoms with Crippen LogP contribution in [0.5, 0.6) is 0 Å². The van der Waals surface area contributed by atoms with Crippen molar-refractivity contribution < 1.29 is 4.39 Å². The first-order valence-electron chi connectivity index (χ1n) is 9.59. The monoisotopic (exact) mass is 402 g/mol. The van der Waals surface area contributed by atoms with Gasteiger partial charge in [-0.15, -0.1) is 0 Å². The average molecular weight is 402 g/mol. The molecule has 0 radical (unpaired) electrons. The molecule has 0 aliphatic carbocycles. The molecule has 0 spiro atoms. The van der Waals surface area contributed by atoms with E-state index in [1.54, 1.807) is 36.4 Å². The lowest BCUT2D eigenvalue weighted by molar-refractivity contribution is 0.623. The molecule has 4 rings (SSSR count). The van der Waals surface area contributed by atoms with Crippen molar-refractivity contribution in [1.29, 1.82) is 5.26 Å². The Hall–Kier alpha value is -3.99. The predicted molar refractivity (Wildman–Crippen MR) is 114 cm³/mol. The van der Waals surface area contributed by atoms with Gasteiger partial charge in [-0.1, -0.05) is 36.4 Å². The number of H-pyrrole nitrogens is 1. The van der Waals surface area contributed by atoms with Crippen LogP contribution in [0.2, 0.25) is 0 Å². The first-order valence-corrected chi connectivity index (χ1v) is 9.59. The molecule has 0 bridgehead atoms. The van der Waals surface area contributed by atoms with Crippen molar-refractivity contribution in [2.24, 2.45) is 5.10 Å². The summed E-state index contributed by atoms with van der Waals surface area (Å²) in [4.78, 5) is 21.1. The van der Waals surface area contributed by atoms with Gasteiger partial charge in [-0.3, -0.25) is 9.78 Å². The van der Waals surface area contributed by atoms with Gasteiger partial charge in [-0.25, -0.2) is 14.8 Å². The highest BCUT2D eigenvalue weighted by atomic mass is 19.1. The van der Waals surface area contributed by atoms with Gasteiger partial charge in [0.25, 0.3) is 5.56 Å². The minimum atomic E-state index is -0.565.